The Balaban J connectivity index is 2.97. The van der Waals surface area contributed by atoms with Crippen LogP contribution in [0.3, 0.4) is 0 Å². The largest absolute Gasteiger partial charge is 0.458 e. The van der Waals surface area contributed by atoms with Crippen LogP contribution in [0.4, 0.5) is 10.5 Å². The SMILES string of the molecule is C\C=C/C=C\C=C\C=Nc1ccc(C(NC(=O)OC(C)(C)C)C(=O)OC(C)(C)C)cc1. The van der Waals surface area contributed by atoms with Gasteiger partial charge in [-0.2, -0.15) is 0 Å². The van der Waals surface area contributed by atoms with Gasteiger partial charge < -0.3 is 14.8 Å². The maximum atomic E-state index is 12.7. The van der Waals surface area contributed by atoms with E-state index in [2.05, 4.69) is 10.3 Å². The molecule has 6 heteroatoms. The molecule has 1 aromatic carbocycles. The van der Waals surface area contributed by atoms with Gasteiger partial charge in [-0.25, -0.2) is 9.59 Å². The van der Waals surface area contributed by atoms with Crippen LogP contribution >= 0.6 is 0 Å². The molecule has 0 saturated carbocycles. The van der Waals surface area contributed by atoms with Gasteiger partial charge in [-0.3, -0.25) is 4.99 Å². The predicted octanol–water partition coefficient (Wildman–Crippen LogP) is 5.98. The zero-order chi connectivity index (χ0) is 23.5. The highest BCUT2D eigenvalue weighted by Gasteiger charge is 2.30. The number of rotatable bonds is 7. The number of aliphatic imine (C=N–C) groups is 1. The van der Waals surface area contributed by atoms with Crippen molar-refractivity contribution in [2.75, 3.05) is 0 Å². The third-order valence-electron chi connectivity index (χ3n) is 3.48. The minimum Gasteiger partial charge on any atom is -0.458 e. The molecule has 0 heterocycles. The van der Waals surface area contributed by atoms with Gasteiger partial charge in [0.2, 0.25) is 0 Å². The van der Waals surface area contributed by atoms with E-state index in [9.17, 15) is 9.59 Å². The molecule has 1 amide bonds. The number of carbonyl (C=O) groups excluding carboxylic acids is 2. The molecule has 0 spiro atoms. The number of nitrogens with one attached hydrogen (secondary N) is 1. The van der Waals surface area contributed by atoms with Gasteiger partial charge in [-0.1, -0.05) is 42.5 Å². The molecular formula is C25H34N2O4. The number of hydrogen-bond acceptors (Lipinski definition) is 5. The number of benzene rings is 1. The maximum absolute atomic E-state index is 12.7. The Hall–Kier alpha value is -3.15. The summed E-state index contributed by atoms with van der Waals surface area (Å²) in [5.74, 6) is -0.564. The standard InChI is InChI=1S/C25H34N2O4/c1-8-9-10-11-12-13-18-26-20-16-14-19(15-17-20)21(22(28)30-24(2,3)4)27-23(29)31-25(5,6)7/h8-18,21H,1-7H3,(H,27,29)/b9-8-,11-10-,13-12+,26-18?. The van der Waals surface area contributed by atoms with Crippen molar-refractivity contribution in [1.82, 2.24) is 5.32 Å². The maximum Gasteiger partial charge on any atom is 0.408 e. The molecule has 0 aliphatic carbocycles. The fourth-order valence-corrected chi connectivity index (χ4v) is 2.30. The normalized spacial score (nSPS) is 13.9. The second-order valence-electron chi connectivity index (χ2n) is 8.78. The van der Waals surface area contributed by atoms with Gasteiger partial charge in [0.25, 0.3) is 0 Å². The number of carbonyl (C=O) groups is 2. The summed E-state index contributed by atoms with van der Waals surface area (Å²) in [5, 5.41) is 2.61. The molecule has 0 saturated heterocycles. The molecule has 1 unspecified atom stereocenters. The number of ether oxygens (including phenoxy) is 2. The fraction of sp³-hybridized carbons (Fsp3) is 0.400. The second kappa shape index (κ2) is 11.9. The third-order valence-corrected chi connectivity index (χ3v) is 3.48. The van der Waals surface area contributed by atoms with Crippen LogP contribution in [-0.4, -0.2) is 29.5 Å². The first kappa shape index (κ1) is 25.9. The molecule has 6 nitrogen and oxygen atoms in total. The van der Waals surface area contributed by atoms with Gasteiger partial charge in [0.1, 0.15) is 11.2 Å². The Kier molecular flexibility index (Phi) is 9.93. The summed E-state index contributed by atoms with van der Waals surface area (Å²) in [6, 6.07) is 6.00. The molecule has 168 valence electrons. The van der Waals surface area contributed by atoms with Crippen LogP contribution in [0.5, 0.6) is 0 Å². The molecule has 0 aliphatic heterocycles. The van der Waals surface area contributed by atoms with E-state index >= 15 is 0 Å². The Morgan fingerprint density at radius 2 is 1.42 bits per heavy atom. The van der Waals surface area contributed by atoms with E-state index in [0.29, 0.717) is 11.3 Å². The number of alkyl carbamates (subject to hydrolysis) is 1. The minimum absolute atomic E-state index is 0.564. The second-order valence-corrected chi connectivity index (χ2v) is 8.78. The van der Waals surface area contributed by atoms with Gasteiger partial charge in [0, 0.05) is 6.21 Å². The zero-order valence-corrected chi connectivity index (χ0v) is 19.5. The molecule has 0 bridgehead atoms. The molecule has 0 aromatic heterocycles. The molecule has 0 radical (unpaired) electrons. The molecule has 1 aromatic rings. The molecule has 31 heavy (non-hydrogen) atoms. The number of allylic oxidation sites excluding steroid dienone is 6. The van der Waals surface area contributed by atoms with E-state index in [1.165, 1.54) is 0 Å². The Morgan fingerprint density at radius 3 is 1.97 bits per heavy atom. The topological polar surface area (TPSA) is 77.0 Å². The first-order chi connectivity index (χ1) is 14.4. The summed E-state index contributed by atoms with van der Waals surface area (Å²) in [6.07, 6.45) is 12.4. The number of esters is 1. The smallest absolute Gasteiger partial charge is 0.408 e. The monoisotopic (exact) mass is 426 g/mol. The lowest BCUT2D eigenvalue weighted by Crippen LogP contribution is -2.40. The zero-order valence-electron chi connectivity index (χ0n) is 19.5. The van der Waals surface area contributed by atoms with E-state index in [-0.39, 0.29) is 0 Å². The van der Waals surface area contributed by atoms with Crippen LogP contribution in [0.15, 0.2) is 65.7 Å². The Labute approximate surface area is 185 Å². The van der Waals surface area contributed by atoms with Crippen LogP contribution in [0, 0.1) is 0 Å². The third kappa shape index (κ3) is 11.6. The number of nitrogens with zero attached hydrogens (tertiary/aromatic N) is 1. The van der Waals surface area contributed by atoms with Crippen molar-refractivity contribution in [1.29, 1.82) is 0 Å². The van der Waals surface area contributed by atoms with Crippen molar-refractivity contribution >= 4 is 24.0 Å². The van der Waals surface area contributed by atoms with Crippen molar-refractivity contribution in [2.45, 2.75) is 65.7 Å². The number of hydrogen-bond donors (Lipinski definition) is 1. The van der Waals surface area contributed by atoms with Crippen LogP contribution in [-0.2, 0) is 14.3 Å². The molecule has 1 N–H and O–H groups in total. The average Bonchev–Trinajstić information content (AvgIpc) is 2.63. The van der Waals surface area contributed by atoms with Crippen LogP contribution in [0.25, 0.3) is 0 Å². The van der Waals surface area contributed by atoms with Crippen molar-refractivity contribution in [3.05, 3.63) is 66.3 Å². The highest BCUT2D eigenvalue weighted by molar-refractivity contribution is 5.83. The summed E-state index contributed by atoms with van der Waals surface area (Å²) in [4.78, 5) is 29.3. The molecular weight excluding hydrogens is 392 g/mol. The van der Waals surface area contributed by atoms with Crippen molar-refractivity contribution in [3.8, 4) is 0 Å². The van der Waals surface area contributed by atoms with E-state index < -0.39 is 29.3 Å². The number of amides is 1. The van der Waals surface area contributed by atoms with Crippen molar-refractivity contribution in [2.24, 2.45) is 4.99 Å². The summed E-state index contributed by atoms with van der Waals surface area (Å²) in [7, 11) is 0. The first-order valence-corrected chi connectivity index (χ1v) is 10.2. The van der Waals surface area contributed by atoms with Crippen LogP contribution in [0.1, 0.15) is 60.1 Å². The van der Waals surface area contributed by atoms with Crippen molar-refractivity contribution in [3.63, 3.8) is 0 Å². The first-order valence-electron chi connectivity index (χ1n) is 10.2. The molecule has 1 atom stereocenters. The summed E-state index contributed by atoms with van der Waals surface area (Å²) >= 11 is 0. The lowest BCUT2D eigenvalue weighted by Gasteiger charge is -2.26. The highest BCUT2D eigenvalue weighted by atomic mass is 16.6. The molecule has 1 rings (SSSR count). The van der Waals surface area contributed by atoms with E-state index in [1.54, 1.807) is 72.0 Å². The molecule has 0 fully saturated rings. The lowest BCUT2D eigenvalue weighted by atomic mass is 10.1. The lowest BCUT2D eigenvalue weighted by molar-refractivity contribution is -0.157. The van der Waals surface area contributed by atoms with Crippen LogP contribution < -0.4 is 5.32 Å². The van der Waals surface area contributed by atoms with Gasteiger partial charge >= 0.3 is 12.1 Å². The average molecular weight is 427 g/mol. The fourth-order valence-electron chi connectivity index (χ4n) is 2.30. The summed E-state index contributed by atoms with van der Waals surface area (Å²) < 4.78 is 10.8. The minimum atomic E-state index is -0.997. The van der Waals surface area contributed by atoms with Gasteiger partial charge in [-0.15, -0.1) is 0 Å². The quantitative estimate of drug-likeness (QED) is 0.330. The predicted molar refractivity (Wildman–Crippen MR) is 126 cm³/mol. The van der Waals surface area contributed by atoms with Gasteiger partial charge in [0.05, 0.1) is 5.69 Å². The Bertz CT molecular complexity index is 836. The van der Waals surface area contributed by atoms with E-state index in [0.717, 1.165) is 0 Å². The van der Waals surface area contributed by atoms with E-state index in [4.69, 9.17) is 9.47 Å². The van der Waals surface area contributed by atoms with Gasteiger partial charge in [0.15, 0.2) is 6.04 Å². The molecule has 0 aliphatic rings. The van der Waals surface area contributed by atoms with E-state index in [1.807, 2.05) is 43.4 Å². The summed E-state index contributed by atoms with van der Waals surface area (Å²) in [6.45, 7) is 12.5. The van der Waals surface area contributed by atoms with Crippen molar-refractivity contribution < 1.29 is 19.1 Å². The van der Waals surface area contributed by atoms with Gasteiger partial charge in [-0.05, 0) is 72.2 Å². The highest BCUT2D eigenvalue weighted by Crippen LogP contribution is 2.22. The van der Waals surface area contributed by atoms with Crippen LogP contribution in [0.2, 0.25) is 0 Å². The Morgan fingerprint density at radius 1 is 0.871 bits per heavy atom. The summed E-state index contributed by atoms with van der Waals surface area (Å²) in [5.41, 5.74) is -0.0885.